The van der Waals surface area contributed by atoms with Gasteiger partial charge in [-0.15, -0.1) is 0 Å². The molecule has 2 aromatic carbocycles. The van der Waals surface area contributed by atoms with Crippen molar-refractivity contribution in [3.63, 3.8) is 0 Å². The number of fused-ring (bicyclic) bond motifs is 1. The Morgan fingerprint density at radius 3 is 2.50 bits per heavy atom. The number of carboxylic acids is 1. The number of rotatable bonds is 4. The smallest absolute Gasteiger partial charge is 0.416 e. The van der Waals surface area contributed by atoms with Gasteiger partial charge in [0.25, 0.3) is 5.91 Å². The molecular formula is C22H19F3N4O3. The van der Waals surface area contributed by atoms with E-state index in [1.54, 1.807) is 24.3 Å². The van der Waals surface area contributed by atoms with E-state index >= 15 is 0 Å². The highest BCUT2D eigenvalue weighted by molar-refractivity contribution is 5.97. The van der Waals surface area contributed by atoms with Crippen LogP contribution in [0.5, 0.6) is 0 Å². The third-order valence-electron chi connectivity index (χ3n) is 5.32. The van der Waals surface area contributed by atoms with Gasteiger partial charge >= 0.3 is 12.1 Å². The van der Waals surface area contributed by atoms with Gasteiger partial charge in [0.1, 0.15) is 11.9 Å². The molecule has 0 spiro atoms. The van der Waals surface area contributed by atoms with E-state index < -0.39 is 23.8 Å². The number of aromatic nitrogens is 2. The van der Waals surface area contributed by atoms with Crippen LogP contribution in [-0.2, 0) is 11.0 Å². The van der Waals surface area contributed by atoms with E-state index in [1.165, 1.54) is 17.2 Å². The number of amides is 1. The van der Waals surface area contributed by atoms with Crippen molar-refractivity contribution in [3.05, 3.63) is 59.8 Å². The maximum Gasteiger partial charge on any atom is 0.416 e. The number of piperidine rings is 1. The molecule has 1 atom stereocenters. The van der Waals surface area contributed by atoms with Crippen molar-refractivity contribution in [2.45, 2.75) is 31.5 Å². The SMILES string of the molecule is O=C(O)C1CCCCN1C(=O)c1ccc(Nc2cnc3ccc(C(F)(F)F)cc3n2)cc1. The number of aliphatic carboxylic acids is 1. The van der Waals surface area contributed by atoms with Gasteiger partial charge in [-0.3, -0.25) is 9.78 Å². The Balaban J connectivity index is 1.51. The second kappa shape index (κ2) is 8.45. The van der Waals surface area contributed by atoms with Crippen molar-refractivity contribution in [2.75, 3.05) is 11.9 Å². The molecule has 7 nitrogen and oxygen atoms in total. The number of anilines is 2. The first-order chi connectivity index (χ1) is 15.2. The molecule has 1 unspecified atom stereocenters. The van der Waals surface area contributed by atoms with Crippen molar-refractivity contribution in [3.8, 4) is 0 Å². The van der Waals surface area contributed by atoms with E-state index in [9.17, 15) is 27.9 Å². The van der Waals surface area contributed by atoms with Gasteiger partial charge in [0.2, 0.25) is 0 Å². The first-order valence-corrected chi connectivity index (χ1v) is 9.97. The molecule has 3 aromatic rings. The largest absolute Gasteiger partial charge is 0.480 e. The first-order valence-electron chi connectivity index (χ1n) is 9.97. The molecule has 0 aliphatic carbocycles. The first kappa shape index (κ1) is 21.5. The van der Waals surface area contributed by atoms with Crippen LogP contribution in [-0.4, -0.2) is 44.4 Å². The van der Waals surface area contributed by atoms with Gasteiger partial charge in [0.05, 0.1) is 22.8 Å². The van der Waals surface area contributed by atoms with Gasteiger partial charge in [-0.05, 0) is 61.7 Å². The van der Waals surface area contributed by atoms with Crippen molar-refractivity contribution >= 4 is 34.4 Å². The third-order valence-corrected chi connectivity index (χ3v) is 5.32. The van der Waals surface area contributed by atoms with Gasteiger partial charge in [0, 0.05) is 17.8 Å². The number of halogens is 3. The normalized spacial score (nSPS) is 16.7. The molecule has 2 heterocycles. The lowest BCUT2D eigenvalue weighted by molar-refractivity contribution is -0.143. The molecule has 0 bridgehead atoms. The minimum atomic E-state index is -4.48. The molecular weight excluding hydrogens is 425 g/mol. The van der Waals surface area contributed by atoms with E-state index in [2.05, 4.69) is 15.3 Å². The lowest BCUT2D eigenvalue weighted by Crippen LogP contribution is -2.47. The van der Waals surface area contributed by atoms with Crippen LogP contribution >= 0.6 is 0 Å². The van der Waals surface area contributed by atoms with Crippen molar-refractivity contribution in [1.29, 1.82) is 0 Å². The van der Waals surface area contributed by atoms with Crippen LogP contribution < -0.4 is 5.32 Å². The Kier molecular flexibility index (Phi) is 5.68. The maximum atomic E-state index is 12.9. The topological polar surface area (TPSA) is 95.4 Å². The fraction of sp³-hybridized carbons (Fsp3) is 0.273. The number of hydrogen-bond acceptors (Lipinski definition) is 5. The molecule has 4 rings (SSSR count). The second-order valence-corrected chi connectivity index (χ2v) is 7.51. The minimum absolute atomic E-state index is 0.0985. The lowest BCUT2D eigenvalue weighted by Gasteiger charge is -2.33. The predicted molar refractivity (Wildman–Crippen MR) is 111 cm³/mol. The molecule has 10 heteroatoms. The highest BCUT2D eigenvalue weighted by Gasteiger charge is 2.32. The molecule has 166 valence electrons. The molecule has 1 saturated heterocycles. The molecule has 1 amide bonds. The summed E-state index contributed by atoms with van der Waals surface area (Å²) in [7, 11) is 0. The van der Waals surface area contributed by atoms with E-state index in [0.717, 1.165) is 25.0 Å². The molecule has 1 aromatic heterocycles. The second-order valence-electron chi connectivity index (χ2n) is 7.51. The summed E-state index contributed by atoms with van der Waals surface area (Å²) in [6.07, 6.45) is -1.13. The lowest BCUT2D eigenvalue weighted by atomic mass is 10.0. The molecule has 1 aliphatic rings. The number of carbonyl (C=O) groups excluding carboxylic acids is 1. The van der Waals surface area contributed by atoms with Crippen molar-refractivity contribution in [1.82, 2.24) is 14.9 Å². The minimum Gasteiger partial charge on any atom is -0.480 e. The van der Waals surface area contributed by atoms with E-state index in [0.29, 0.717) is 29.7 Å². The highest BCUT2D eigenvalue weighted by Crippen LogP contribution is 2.31. The zero-order valence-corrected chi connectivity index (χ0v) is 16.8. The number of carboxylic acid groups (broad SMARTS) is 1. The third kappa shape index (κ3) is 4.48. The number of nitrogens with one attached hydrogen (secondary N) is 1. The van der Waals surface area contributed by atoms with Crippen LogP contribution in [0.3, 0.4) is 0 Å². The zero-order valence-electron chi connectivity index (χ0n) is 16.8. The van der Waals surface area contributed by atoms with Crippen molar-refractivity contribution in [2.24, 2.45) is 0 Å². The summed E-state index contributed by atoms with van der Waals surface area (Å²) in [5, 5.41) is 12.3. The van der Waals surface area contributed by atoms with Gasteiger partial charge in [-0.2, -0.15) is 13.2 Å². The van der Waals surface area contributed by atoms with Crippen LogP contribution in [0.2, 0.25) is 0 Å². The van der Waals surface area contributed by atoms with Gasteiger partial charge in [-0.25, -0.2) is 9.78 Å². The van der Waals surface area contributed by atoms with Crippen LogP contribution in [0, 0.1) is 0 Å². The molecule has 0 saturated carbocycles. The Morgan fingerprint density at radius 2 is 1.81 bits per heavy atom. The summed E-state index contributed by atoms with van der Waals surface area (Å²) < 4.78 is 38.8. The Morgan fingerprint density at radius 1 is 1.06 bits per heavy atom. The number of alkyl halides is 3. The van der Waals surface area contributed by atoms with Crippen molar-refractivity contribution < 1.29 is 27.9 Å². The number of carbonyl (C=O) groups is 2. The van der Waals surface area contributed by atoms with Crippen LogP contribution in [0.25, 0.3) is 11.0 Å². The van der Waals surface area contributed by atoms with Gasteiger partial charge < -0.3 is 15.3 Å². The molecule has 0 radical (unpaired) electrons. The fourth-order valence-corrected chi connectivity index (χ4v) is 3.69. The number of nitrogens with zero attached hydrogens (tertiary/aromatic N) is 3. The average Bonchev–Trinajstić information content (AvgIpc) is 2.78. The zero-order chi connectivity index (χ0) is 22.9. The summed E-state index contributed by atoms with van der Waals surface area (Å²) in [6.45, 7) is 0.391. The van der Waals surface area contributed by atoms with Gasteiger partial charge in [0.15, 0.2) is 0 Å². The van der Waals surface area contributed by atoms with Gasteiger partial charge in [-0.1, -0.05) is 0 Å². The summed E-state index contributed by atoms with van der Waals surface area (Å²) >= 11 is 0. The number of benzene rings is 2. The average molecular weight is 444 g/mol. The van der Waals surface area contributed by atoms with Crippen LogP contribution in [0.4, 0.5) is 24.7 Å². The molecule has 2 N–H and O–H groups in total. The number of likely N-dealkylation sites (tertiary alicyclic amines) is 1. The summed E-state index contributed by atoms with van der Waals surface area (Å²) in [5.41, 5.74) is 0.524. The van der Waals surface area contributed by atoms with Crippen LogP contribution in [0.1, 0.15) is 35.2 Å². The van der Waals surface area contributed by atoms with E-state index in [-0.39, 0.29) is 17.2 Å². The highest BCUT2D eigenvalue weighted by atomic mass is 19.4. The Bertz CT molecular complexity index is 1170. The molecule has 1 aliphatic heterocycles. The standard InChI is InChI=1S/C22H19F3N4O3/c23-22(24,25)14-6-9-16-17(11-14)28-19(12-26-16)27-15-7-4-13(5-8-15)20(30)29-10-2-1-3-18(29)21(31)32/h4-9,11-12,18H,1-3,10H2,(H,27,28)(H,31,32). The van der Waals surface area contributed by atoms with E-state index in [1.807, 2.05) is 0 Å². The fourth-order valence-electron chi connectivity index (χ4n) is 3.69. The molecule has 32 heavy (non-hydrogen) atoms. The summed E-state index contributed by atoms with van der Waals surface area (Å²) in [6, 6.07) is 8.69. The molecule has 1 fully saturated rings. The van der Waals surface area contributed by atoms with E-state index in [4.69, 9.17) is 0 Å². The quantitative estimate of drug-likeness (QED) is 0.617. The number of hydrogen-bond donors (Lipinski definition) is 2. The van der Waals surface area contributed by atoms with Crippen LogP contribution in [0.15, 0.2) is 48.7 Å². The predicted octanol–water partition coefficient (Wildman–Crippen LogP) is 4.47. The summed E-state index contributed by atoms with van der Waals surface area (Å²) in [4.78, 5) is 33.9. The Hall–Kier alpha value is -3.69. The Labute approximate surface area is 180 Å². The summed E-state index contributed by atoms with van der Waals surface area (Å²) in [5.74, 6) is -1.12. The maximum absolute atomic E-state index is 12.9. The monoisotopic (exact) mass is 444 g/mol.